The molecule has 92 valence electrons. The van der Waals surface area contributed by atoms with E-state index in [4.69, 9.17) is 0 Å². The van der Waals surface area contributed by atoms with Gasteiger partial charge in [0.1, 0.15) is 6.33 Å². The molecule has 2 rings (SSSR count). The summed E-state index contributed by atoms with van der Waals surface area (Å²) in [6.07, 6.45) is 5.42. The number of hydrogen-bond donors (Lipinski definition) is 2. The number of nitrogens with zero attached hydrogens (tertiary/aromatic N) is 2. The Bertz CT molecular complexity index is 368. The van der Waals surface area contributed by atoms with Crippen molar-refractivity contribution in [3.63, 3.8) is 0 Å². The molecule has 17 heavy (non-hydrogen) atoms. The second kappa shape index (κ2) is 5.72. The van der Waals surface area contributed by atoms with E-state index in [9.17, 15) is 4.79 Å². The highest BCUT2D eigenvalue weighted by atomic mass is 16.2. The van der Waals surface area contributed by atoms with Crippen molar-refractivity contribution in [1.82, 2.24) is 20.6 Å². The van der Waals surface area contributed by atoms with Crippen LogP contribution in [0.2, 0.25) is 0 Å². The lowest BCUT2D eigenvalue weighted by Gasteiger charge is -2.28. The molecule has 1 aliphatic rings. The number of carbonyl (C=O) groups is 1. The molecule has 5 heteroatoms. The molecule has 1 fully saturated rings. The average Bonchev–Trinajstić information content (AvgIpc) is 2.38. The third-order valence-corrected chi connectivity index (χ3v) is 3.14. The maximum absolute atomic E-state index is 12.0. The first-order valence-electron chi connectivity index (χ1n) is 6.03. The summed E-state index contributed by atoms with van der Waals surface area (Å²) >= 11 is 0. The Kier molecular flexibility index (Phi) is 4.03. The van der Waals surface area contributed by atoms with E-state index in [1.807, 2.05) is 0 Å². The Morgan fingerprint density at radius 2 is 2.53 bits per heavy atom. The normalized spacial score (nSPS) is 24.3. The number of rotatable bonds is 3. The molecule has 1 amide bonds. The van der Waals surface area contributed by atoms with Crippen molar-refractivity contribution in [2.45, 2.75) is 32.4 Å². The SMILES string of the molecule is CC1CCCNC1C(=O)NCc1ccncn1. The van der Waals surface area contributed by atoms with Gasteiger partial charge in [0.15, 0.2) is 0 Å². The lowest BCUT2D eigenvalue weighted by atomic mass is 9.92. The standard InChI is InChI=1S/C12H18N4O/c1-9-3-2-5-14-11(9)12(17)15-7-10-4-6-13-8-16-10/h4,6,8-9,11,14H,2-3,5,7H2,1H3,(H,15,17). The molecule has 1 saturated heterocycles. The van der Waals surface area contributed by atoms with Crippen molar-refractivity contribution in [1.29, 1.82) is 0 Å². The summed E-state index contributed by atoms with van der Waals surface area (Å²) in [5.41, 5.74) is 0.830. The highest BCUT2D eigenvalue weighted by Crippen LogP contribution is 2.15. The van der Waals surface area contributed by atoms with Gasteiger partial charge in [-0.25, -0.2) is 9.97 Å². The third-order valence-electron chi connectivity index (χ3n) is 3.14. The summed E-state index contributed by atoms with van der Waals surface area (Å²) in [4.78, 5) is 19.9. The zero-order chi connectivity index (χ0) is 12.1. The van der Waals surface area contributed by atoms with Gasteiger partial charge in [-0.05, 0) is 31.4 Å². The van der Waals surface area contributed by atoms with Crippen LogP contribution < -0.4 is 10.6 Å². The van der Waals surface area contributed by atoms with E-state index >= 15 is 0 Å². The molecule has 2 unspecified atom stereocenters. The molecule has 2 heterocycles. The Morgan fingerprint density at radius 1 is 1.65 bits per heavy atom. The van der Waals surface area contributed by atoms with Crippen LogP contribution in [0.1, 0.15) is 25.5 Å². The van der Waals surface area contributed by atoms with E-state index in [2.05, 4.69) is 27.5 Å². The van der Waals surface area contributed by atoms with Crippen LogP contribution in [-0.4, -0.2) is 28.5 Å². The first kappa shape index (κ1) is 12.0. The number of piperidine rings is 1. The molecular weight excluding hydrogens is 216 g/mol. The fourth-order valence-corrected chi connectivity index (χ4v) is 2.11. The van der Waals surface area contributed by atoms with Gasteiger partial charge in [-0.3, -0.25) is 4.79 Å². The average molecular weight is 234 g/mol. The summed E-state index contributed by atoms with van der Waals surface area (Å²) in [5.74, 6) is 0.463. The fourth-order valence-electron chi connectivity index (χ4n) is 2.11. The lowest BCUT2D eigenvalue weighted by molar-refractivity contribution is -0.125. The van der Waals surface area contributed by atoms with Gasteiger partial charge < -0.3 is 10.6 Å². The first-order valence-corrected chi connectivity index (χ1v) is 6.03. The smallest absolute Gasteiger partial charge is 0.237 e. The van der Waals surface area contributed by atoms with Crippen LogP contribution in [0.25, 0.3) is 0 Å². The second-order valence-corrected chi connectivity index (χ2v) is 4.47. The lowest BCUT2D eigenvalue weighted by Crippen LogP contribution is -2.50. The van der Waals surface area contributed by atoms with Gasteiger partial charge in [0.2, 0.25) is 5.91 Å². The van der Waals surface area contributed by atoms with Crippen molar-refractivity contribution in [3.05, 3.63) is 24.3 Å². The van der Waals surface area contributed by atoms with Crippen molar-refractivity contribution in [2.24, 2.45) is 5.92 Å². The van der Waals surface area contributed by atoms with Gasteiger partial charge in [0.25, 0.3) is 0 Å². The molecule has 0 aliphatic carbocycles. The van der Waals surface area contributed by atoms with E-state index < -0.39 is 0 Å². The van der Waals surface area contributed by atoms with Crippen LogP contribution in [0.5, 0.6) is 0 Å². The van der Waals surface area contributed by atoms with Crippen molar-refractivity contribution >= 4 is 5.91 Å². The Labute approximate surface area is 101 Å². The molecule has 0 aromatic carbocycles. The second-order valence-electron chi connectivity index (χ2n) is 4.47. The Morgan fingerprint density at radius 3 is 3.24 bits per heavy atom. The molecule has 1 aromatic rings. The van der Waals surface area contributed by atoms with Crippen molar-refractivity contribution in [2.75, 3.05) is 6.54 Å². The largest absolute Gasteiger partial charge is 0.349 e. The van der Waals surface area contributed by atoms with Crippen LogP contribution in [-0.2, 0) is 11.3 Å². The molecule has 0 saturated carbocycles. The van der Waals surface area contributed by atoms with Gasteiger partial charge in [0, 0.05) is 6.20 Å². The topological polar surface area (TPSA) is 66.9 Å². The van der Waals surface area contributed by atoms with Gasteiger partial charge in [-0.2, -0.15) is 0 Å². The van der Waals surface area contributed by atoms with E-state index in [-0.39, 0.29) is 11.9 Å². The minimum absolute atomic E-state index is 0.0643. The van der Waals surface area contributed by atoms with Crippen molar-refractivity contribution < 1.29 is 4.79 Å². The number of aromatic nitrogens is 2. The molecule has 0 radical (unpaired) electrons. The first-order chi connectivity index (χ1) is 8.27. The maximum Gasteiger partial charge on any atom is 0.237 e. The quantitative estimate of drug-likeness (QED) is 0.798. The van der Waals surface area contributed by atoms with Gasteiger partial charge in [-0.15, -0.1) is 0 Å². The maximum atomic E-state index is 12.0. The molecule has 5 nitrogen and oxygen atoms in total. The summed E-state index contributed by atoms with van der Waals surface area (Å²) < 4.78 is 0. The zero-order valence-corrected chi connectivity index (χ0v) is 10.0. The predicted molar refractivity (Wildman–Crippen MR) is 64.1 cm³/mol. The molecule has 0 spiro atoms. The van der Waals surface area contributed by atoms with Crippen LogP contribution in [0.4, 0.5) is 0 Å². The van der Waals surface area contributed by atoms with Crippen LogP contribution in [0.3, 0.4) is 0 Å². The minimum Gasteiger partial charge on any atom is -0.349 e. The monoisotopic (exact) mass is 234 g/mol. The summed E-state index contributed by atoms with van der Waals surface area (Å²) in [6, 6.07) is 1.74. The molecule has 1 aliphatic heterocycles. The highest BCUT2D eigenvalue weighted by molar-refractivity contribution is 5.82. The molecular formula is C12H18N4O. The Balaban J connectivity index is 1.84. The van der Waals surface area contributed by atoms with E-state index in [0.29, 0.717) is 12.5 Å². The molecule has 2 N–H and O–H groups in total. The predicted octanol–water partition coefficient (Wildman–Crippen LogP) is 0.481. The number of amides is 1. The summed E-state index contributed by atoms with van der Waals surface area (Å²) in [7, 11) is 0. The molecule has 0 bridgehead atoms. The highest BCUT2D eigenvalue weighted by Gasteiger charge is 2.26. The minimum atomic E-state index is -0.0643. The third kappa shape index (κ3) is 3.23. The van der Waals surface area contributed by atoms with Crippen LogP contribution in [0.15, 0.2) is 18.6 Å². The molecule has 2 atom stereocenters. The van der Waals surface area contributed by atoms with Crippen LogP contribution in [0, 0.1) is 5.92 Å². The van der Waals surface area contributed by atoms with E-state index in [1.54, 1.807) is 12.3 Å². The van der Waals surface area contributed by atoms with Crippen molar-refractivity contribution in [3.8, 4) is 0 Å². The fraction of sp³-hybridized carbons (Fsp3) is 0.583. The van der Waals surface area contributed by atoms with E-state index in [1.165, 1.54) is 6.33 Å². The number of nitrogens with one attached hydrogen (secondary N) is 2. The molecule has 1 aromatic heterocycles. The van der Waals surface area contributed by atoms with Gasteiger partial charge in [-0.1, -0.05) is 6.92 Å². The van der Waals surface area contributed by atoms with Gasteiger partial charge >= 0.3 is 0 Å². The van der Waals surface area contributed by atoms with Crippen LogP contribution >= 0.6 is 0 Å². The summed E-state index contributed by atoms with van der Waals surface area (Å²) in [5, 5.41) is 6.17. The zero-order valence-electron chi connectivity index (χ0n) is 10.0. The van der Waals surface area contributed by atoms with Gasteiger partial charge in [0.05, 0.1) is 18.3 Å². The van der Waals surface area contributed by atoms with E-state index in [0.717, 1.165) is 25.1 Å². The number of hydrogen-bond acceptors (Lipinski definition) is 4. The number of carbonyl (C=O) groups excluding carboxylic acids is 1. The summed E-state index contributed by atoms with van der Waals surface area (Å²) in [6.45, 7) is 3.50. The Hall–Kier alpha value is -1.49.